The summed E-state index contributed by atoms with van der Waals surface area (Å²) in [5.41, 5.74) is 0.539. The van der Waals surface area contributed by atoms with Gasteiger partial charge in [-0.25, -0.2) is 17.5 Å². The molecule has 1 aromatic rings. The number of sulfonamides is 1. The minimum atomic E-state index is -3.66. The molecule has 0 aliphatic rings. The summed E-state index contributed by atoms with van der Waals surface area (Å²) in [6.07, 6.45) is 1.39. The first-order valence-electron chi connectivity index (χ1n) is 5.75. The molecule has 0 fully saturated rings. The molecule has 1 N–H and O–H groups in total. The summed E-state index contributed by atoms with van der Waals surface area (Å²) in [5, 5.41) is 0.718. The Morgan fingerprint density at radius 3 is 2.67 bits per heavy atom. The van der Waals surface area contributed by atoms with Crippen molar-refractivity contribution in [1.29, 1.82) is 0 Å². The van der Waals surface area contributed by atoms with Crippen LogP contribution >= 0.6 is 15.9 Å². The number of hydrogen-bond donors (Lipinski definition) is 1. The van der Waals surface area contributed by atoms with Crippen LogP contribution in [0, 0.1) is 12.7 Å². The number of hydrogen-bond acceptors (Lipinski definition) is 2. The lowest BCUT2D eigenvalue weighted by molar-refractivity contribution is 0.531. The molecule has 0 bridgehead atoms. The van der Waals surface area contributed by atoms with E-state index in [9.17, 15) is 12.8 Å². The van der Waals surface area contributed by atoms with Crippen LogP contribution in [-0.2, 0) is 10.0 Å². The molecule has 6 heteroatoms. The molecule has 1 rings (SSSR count). The van der Waals surface area contributed by atoms with Gasteiger partial charge < -0.3 is 0 Å². The maximum Gasteiger partial charge on any atom is 0.241 e. The minimum absolute atomic E-state index is 0.00974. The van der Waals surface area contributed by atoms with E-state index in [4.69, 9.17) is 0 Å². The van der Waals surface area contributed by atoms with E-state index in [2.05, 4.69) is 20.7 Å². The van der Waals surface area contributed by atoms with E-state index in [1.165, 1.54) is 12.1 Å². The highest BCUT2D eigenvalue weighted by molar-refractivity contribution is 9.09. The Balaban J connectivity index is 3.02. The quantitative estimate of drug-likeness (QED) is 0.811. The number of aryl methyl sites for hydroxylation is 1. The zero-order valence-electron chi connectivity index (χ0n) is 10.4. The fourth-order valence-corrected chi connectivity index (χ4v) is 3.79. The molecule has 0 heterocycles. The lowest BCUT2D eigenvalue weighted by Crippen LogP contribution is -2.35. The van der Waals surface area contributed by atoms with Gasteiger partial charge in [0, 0.05) is 11.4 Å². The Labute approximate surface area is 116 Å². The van der Waals surface area contributed by atoms with E-state index in [0.29, 0.717) is 18.4 Å². The third-order valence-corrected chi connectivity index (χ3v) is 4.83. The molecule has 18 heavy (non-hydrogen) atoms. The second kappa shape index (κ2) is 6.63. The molecular weight excluding hydrogens is 321 g/mol. The molecule has 0 aliphatic carbocycles. The van der Waals surface area contributed by atoms with E-state index in [1.54, 1.807) is 6.92 Å². The first-order valence-corrected chi connectivity index (χ1v) is 8.35. The summed E-state index contributed by atoms with van der Waals surface area (Å²) in [4.78, 5) is 0.00974. The van der Waals surface area contributed by atoms with Gasteiger partial charge in [0.15, 0.2) is 0 Å². The van der Waals surface area contributed by atoms with E-state index >= 15 is 0 Å². The zero-order chi connectivity index (χ0) is 13.8. The zero-order valence-corrected chi connectivity index (χ0v) is 12.8. The first-order chi connectivity index (χ1) is 8.40. The summed E-state index contributed by atoms with van der Waals surface area (Å²) >= 11 is 3.29. The Hall–Kier alpha value is -0.460. The van der Waals surface area contributed by atoms with E-state index < -0.39 is 15.8 Å². The molecule has 3 nitrogen and oxygen atoms in total. The van der Waals surface area contributed by atoms with Crippen molar-refractivity contribution < 1.29 is 12.8 Å². The smallest absolute Gasteiger partial charge is 0.208 e. The van der Waals surface area contributed by atoms with Crippen molar-refractivity contribution in [3.63, 3.8) is 0 Å². The molecule has 0 saturated carbocycles. The van der Waals surface area contributed by atoms with Gasteiger partial charge >= 0.3 is 0 Å². The molecular formula is C12H17BrFNO2S. The summed E-state index contributed by atoms with van der Waals surface area (Å²) in [6.45, 7) is 3.56. The lowest BCUT2D eigenvalue weighted by atomic mass is 10.2. The van der Waals surface area contributed by atoms with Crippen molar-refractivity contribution in [2.75, 3.05) is 5.33 Å². The van der Waals surface area contributed by atoms with E-state index in [1.807, 2.05) is 6.92 Å². The Kier molecular flexibility index (Phi) is 5.75. The summed E-state index contributed by atoms with van der Waals surface area (Å²) < 4.78 is 40.1. The van der Waals surface area contributed by atoms with Gasteiger partial charge in [-0.05, 0) is 37.5 Å². The van der Waals surface area contributed by atoms with Crippen molar-refractivity contribution in [2.24, 2.45) is 0 Å². The molecule has 102 valence electrons. The lowest BCUT2D eigenvalue weighted by Gasteiger charge is -2.17. The van der Waals surface area contributed by atoms with Crippen LogP contribution in [0.5, 0.6) is 0 Å². The van der Waals surface area contributed by atoms with Crippen LogP contribution in [0.15, 0.2) is 23.1 Å². The Morgan fingerprint density at radius 2 is 2.11 bits per heavy atom. The predicted molar refractivity (Wildman–Crippen MR) is 73.9 cm³/mol. The molecule has 0 saturated heterocycles. The molecule has 0 aromatic heterocycles. The van der Waals surface area contributed by atoms with E-state index in [-0.39, 0.29) is 10.9 Å². The molecule has 1 atom stereocenters. The van der Waals surface area contributed by atoms with Crippen LogP contribution < -0.4 is 4.72 Å². The molecule has 0 radical (unpaired) electrons. The average molecular weight is 338 g/mol. The van der Waals surface area contributed by atoms with Gasteiger partial charge in [0.25, 0.3) is 0 Å². The van der Waals surface area contributed by atoms with Crippen molar-refractivity contribution in [3.05, 3.63) is 29.6 Å². The predicted octanol–water partition coefficient (Wildman–Crippen LogP) is 2.98. The van der Waals surface area contributed by atoms with Gasteiger partial charge in [0.05, 0.1) is 4.90 Å². The second-order valence-corrected chi connectivity index (χ2v) is 6.59. The van der Waals surface area contributed by atoms with Crippen LogP contribution in [0.3, 0.4) is 0 Å². The van der Waals surface area contributed by atoms with Crippen LogP contribution in [0.1, 0.15) is 25.3 Å². The Morgan fingerprint density at radius 1 is 1.44 bits per heavy atom. The number of halogens is 2. The largest absolute Gasteiger partial charge is 0.241 e. The fraction of sp³-hybridized carbons (Fsp3) is 0.500. The molecule has 0 amide bonds. The maximum absolute atomic E-state index is 13.1. The molecule has 0 aliphatic heterocycles. The Bertz CT molecular complexity index is 505. The third-order valence-electron chi connectivity index (χ3n) is 2.71. The molecule has 1 unspecified atom stereocenters. The van der Waals surface area contributed by atoms with Crippen LogP contribution in [0.4, 0.5) is 4.39 Å². The summed E-state index contributed by atoms with van der Waals surface area (Å²) in [7, 11) is -3.66. The van der Waals surface area contributed by atoms with Gasteiger partial charge in [-0.2, -0.15) is 0 Å². The van der Waals surface area contributed by atoms with Crippen LogP contribution in [0.2, 0.25) is 0 Å². The average Bonchev–Trinajstić information content (AvgIpc) is 2.31. The van der Waals surface area contributed by atoms with Crippen molar-refractivity contribution in [1.82, 2.24) is 4.72 Å². The number of nitrogens with one attached hydrogen (secondary N) is 1. The molecule has 1 aromatic carbocycles. The highest BCUT2D eigenvalue weighted by atomic mass is 79.9. The number of benzene rings is 1. The monoisotopic (exact) mass is 337 g/mol. The summed E-state index contributed by atoms with van der Waals surface area (Å²) in [6, 6.07) is 3.63. The van der Waals surface area contributed by atoms with Gasteiger partial charge in [0.1, 0.15) is 5.82 Å². The van der Waals surface area contributed by atoms with E-state index in [0.717, 1.165) is 11.4 Å². The third kappa shape index (κ3) is 4.03. The highest BCUT2D eigenvalue weighted by Crippen LogP contribution is 2.17. The topological polar surface area (TPSA) is 46.2 Å². The van der Waals surface area contributed by atoms with Crippen molar-refractivity contribution in [3.8, 4) is 0 Å². The highest BCUT2D eigenvalue weighted by Gasteiger charge is 2.21. The SMILES string of the molecule is CCC(CCBr)NS(=O)(=O)c1cc(F)ccc1C. The number of alkyl halides is 1. The van der Waals surface area contributed by atoms with Gasteiger partial charge in [-0.1, -0.05) is 28.9 Å². The van der Waals surface area contributed by atoms with Crippen LogP contribution in [-0.4, -0.2) is 19.8 Å². The minimum Gasteiger partial charge on any atom is -0.208 e. The first kappa shape index (κ1) is 15.6. The number of rotatable bonds is 6. The normalized spacial score (nSPS) is 13.6. The molecule has 0 spiro atoms. The fourth-order valence-electron chi connectivity index (χ4n) is 1.62. The van der Waals surface area contributed by atoms with Gasteiger partial charge in [0.2, 0.25) is 10.0 Å². The van der Waals surface area contributed by atoms with Crippen molar-refractivity contribution in [2.45, 2.75) is 37.6 Å². The van der Waals surface area contributed by atoms with Crippen LogP contribution in [0.25, 0.3) is 0 Å². The maximum atomic E-state index is 13.1. The second-order valence-electron chi connectivity index (χ2n) is 4.11. The summed E-state index contributed by atoms with van der Waals surface area (Å²) in [5.74, 6) is -0.547. The van der Waals surface area contributed by atoms with Gasteiger partial charge in [-0.3, -0.25) is 0 Å². The van der Waals surface area contributed by atoms with Gasteiger partial charge in [-0.15, -0.1) is 0 Å². The van der Waals surface area contributed by atoms with Crippen molar-refractivity contribution >= 4 is 26.0 Å². The standard InChI is InChI=1S/C12H17BrFNO2S/c1-3-11(6-7-13)15-18(16,17)12-8-10(14)5-4-9(12)2/h4-5,8,11,15H,3,6-7H2,1-2H3.